The third kappa shape index (κ3) is 3.78. The second-order valence-electron chi connectivity index (χ2n) is 4.19. The summed E-state index contributed by atoms with van der Waals surface area (Å²) in [5.41, 5.74) is 4.04. The van der Waals surface area contributed by atoms with E-state index in [1.807, 2.05) is 0 Å². The molecule has 1 rings (SSSR count). The predicted octanol–water partition coefficient (Wildman–Crippen LogP) is 3.67. The molecule has 0 unspecified atom stereocenters. The summed E-state index contributed by atoms with van der Waals surface area (Å²) in [4.78, 5) is 2.36. The first-order valence-corrected chi connectivity index (χ1v) is 5.53. The molecule has 1 heterocycles. The average molecular weight is 203 g/mol. The van der Waals surface area contributed by atoms with Crippen LogP contribution < -0.4 is 0 Å². The van der Waals surface area contributed by atoms with Crippen LogP contribution in [-0.2, 0) is 0 Å². The van der Waals surface area contributed by atoms with Crippen LogP contribution in [0.15, 0.2) is 47.2 Å². The normalized spacial score (nSPS) is 16.4. The molecule has 0 fully saturated rings. The third-order valence-corrected chi connectivity index (χ3v) is 2.44. The predicted molar refractivity (Wildman–Crippen MR) is 67.7 cm³/mol. The molecule has 0 radical (unpaired) electrons. The van der Waals surface area contributed by atoms with Gasteiger partial charge in [0, 0.05) is 18.8 Å². The van der Waals surface area contributed by atoms with E-state index in [1.54, 1.807) is 0 Å². The van der Waals surface area contributed by atoms with E-state index < -0.39 is 0 Å². The van der Waals surface area contributed by atoms with Crippen LogP contribution in [0.5, 0.6) is 0 Å². The van der Waals surface area contributed by atoms with Crippen molar-refractivity contribution in [2.24, 2.45) is 0 Å². The van der Waals surface area contributed by atoms with Crippen molar-refractivity contribution >= 4 is 0 Å². The number of hydrogen-bond donors (Lipinski definition) is 0. The van der Waals surface area contributed by atoms with Crippen LogP contribution in [-0.4, -0.2) is 18.0 Å². The Morgan fingerprint density at radius 1 is 1.47 bits per heavy atom. The van der Waals surface area contributed by atoms with Crippen LogP contribution in [0.2, 0.25) is 0 Å². The van der Waals surface area contributed by atoms with Gasteiger partial charge < -0.3 is 4.90 Å². The minimum absolute atomic E-state index is 1.01. The summed E-state index contributed by atoms with van der Waals surface area (Å²) >= 11 is 0. The van der Waals surface area contributed by atoms with Gasteiger partial charge in [-0.25, -0.2) is 0 Å². The van der Waals surface area contributed by atoms with Crippen LogP contribution in [0.3, 0.4) is 0 Å². The van der Waals surface area contributed by atoms with E-state index in [0.29, 0.717) is 0 Å². The highest BCUT2D eigenvalue weighted by Crippen LogP contribution is 2.16. The zero-order chi connectivity index (χ0) is 11.3. The zero-order valence-electron chi connectivity index (χ0n) is 10.2. The molecule has 0 saturated heterocycles. The van der Waals surface area contributed by atoms with Crippen LogP contribution in [0.1, 0.15) is 27.7 Å². The Balaban J connectivity index is 2.67. The maximum atomic E-state index is 2.36. The molecule has 15 heavy (non-hydrogen) atoms. The highest BCUT2D eigenvalue weighted by molar-refractivity contribution is 5.37. The van der Waals surface area contributed by atoms with Crippen molar-refractivity contribution in [1.82, 2.24) is 4.90 Å². The summed E-state index contributed by atoms with van der Waals surface area (Å²) in [7, 11) is 0. The number of allylic oxidation sites excluding steroid dienone is 6. The van der Waals surface area contributed by atoms with E-state index in [9.17, 15) is 0 Å². The quantitative estimate of drug-likeness (QED) is 0.632. The molecule has 0 saturated carbocycles. The highest BCUT2D eigenvalue weighted by Gasteiger charge is 2.07. The number of nitrogens with zero attached hydrogens (tertiary/aromatic N) is 1. The summed E-state index contributed by atoms with van der Waals surface area (Å²) in [5.74, 6) is 0. The van der Waals surface area contributed by atoms with E-state index >= 15 is 0 Å². The maximum absolute atomic E-state index is 2.36. The van der Waals surface area contributed by atoms with Crippen molar-refractivity contribution in [1.29, 1.82) is 0 Å². The lowest BCUT2D eigenvalue weighted by atomic mass is 10.1. The Labute approximate surface area is 93.5 Å². The first-order chi connectivity index (χ1) is 7.13. The molecule has 0 atom stereocenters. The molecule has 0 N–H and O–H groups in total. The molecule has 0 aromatic heterocycles. The fourth-order valence-electron chi connectivity index (χ4n) is 1.64. The molecular weight excluding hydrogens is 182 g/mol. The summed E-state index contributed by atoms with van der Waals surface area (Å²) in [6.07, 6.45) is 11.1. The van der Waals surface area contributed by atoms with Gasteiger partial charge in [-0.1, -0.05) is 29.9 Å². The molecule has 0 amide bonds. The van der Waals surface area contributed by atoms with Gasteiger partial charge in [-0.05, 0) is 39.3 Å². The van der Waals surface area contributed by atoms with Crippen molar-refractivity contribution in [2.75, 3.05) is 13.1 Å². The summed E-state index contributed by atoms with van der Waals surface area (Å²) in [6.45, 7) is 10.5. The van der Waals surface area contributed by atoms with Crippen LogP contribution in [0, 0.1) is 0 Å². The molecule has 0 aromatic rings. The maximum Gasteiger partial charge on any atom is 0.0368 e. The van der Waals surface area contributed by atoms with Crippen LogP contribution in [0.25, 0.3) is 0 Å². The van der Waals surface area contributed by atoms with Crippen molar-refractivity contribution in [3.05, 3.63) is 47.2 Å². The molecule has 0 bridgehead atoms. The van der Waals surface area contributed by atoms with E-state index in [0.717, 1.165) is 13.1 Å². The van der Waals surface area contributed by atoms with E-state index in [4.69, 9.17) is 0 Å². The minimum Gasteiger partial charge on any atom is -0.368 e. The van der Waals surface area contributed by atoms with Crippen molar-refractivity contribution in [3.8, 4) is 0 Å². The standard InChI is InChI=1S/C14H21N/c1-5-6-8-15-9-7-14(10-12(2)3)11-13(15)4/h5-7,10-11H,8-9H2,1-4H3/b6-5+. The van der Waals surface area contributed by atoms with Gasteiger partial charge in [-0.2, -0.15) is 0 Å². The number of rotatable bonds is 3. The van der Waals surface area contributed by atoms with E-state index in [2.05, 4.69) is 63.0 Å². The Kier molecular flexibility index (Phi) is 4.41. The van der Waals surface area contributed by atoms with Crippen LogP contribution in [0.4, 0.5) is 0 Å². The second-order valence-corrected chi connectivity index (χ2v) is 4.19. The Hall–Kier alpha value is -1.24. The van der Waals surface area contributed by atoms with Gasteiger partial charge in [-0.3, -0.25) is 0 Å². The molecule has 0 spiro atoms. The van der Waals surface area contributed by atoms with Gasteiger partial charge in [-0.15, -0.1) is 0 Å². The van der Waals surface area contributed by atoms with Crippen molar-refractivity contribution < 1.29 is 0 Å². The molecule has 1 aliphatic heterocycles. The van der Waals surface area contributed by atoms with Gasteiger partial charge in [0.1, 0.15) is 0 Å². The van der Waals surface area contributed by atoms with E-state index in [-0.39, 0.29) is 0 Å². The second kappa shape index (κ2) is 5.59. The molecule has 0 aliphatic carbocycles. The topological polar surface area (TPSA) is 3.24 Å². The fraction of sp³-hybridized carbons (Fsp3) is 0.429. The fourth-order valence-corrected chi connectivity index (χ4v) is 1.64. The first-order valence-electron chi connectivity index (χ1n) is 5.53. The van der Waals surface area contributed by atoms with Gasteiger partial charge in [0.15, 0.2) is 0 Å². The first kappa shape index (κ1) is 11.8. The molecule has 1 aliphatic rings. The summed E-state index contributed by atoms with van der Waals surface area (Å²) in [5, 5.41) is 0. The Morgan fingerprint density at radius 2 is 2.20 bits per heavy atom. The zero-order valence-corrected chi connectivity index (χ0v) is 10.2. The number of hydrogen-bond acceptors (Lipinski definition) is 1. The lowest BCUT2D eigenvalue weighted by molar-refractivity contribution is 0.416. The van der Waals surface area contributed by atoms with Gasteiger partial charge >= 0.3 is 0 Å². The Bertz CT molecular complexity index is 325. The van der Waals surface area contributed by atoms with Gasteiger partial charge in [0.2, 0.25) is 0 Å². The molecular formula is C14H21N. The molecule has 1 nitrogen and oxygen atoms in total. The summed E-state index contributed by atoms with van der Waals surface area (Å²) in [6, 6.07) is 0. The third-order valence-electron chi connectivity index (χ3n) is 2.44. The van der Waals surface area contributed by atoms with E-state index in [1.165, 1.54) is 16.8 Å². The molecule has 82 valence electrons. The van der Waals surface area contributed by atoms with Crippen molar-refractivity contribution in [2.45, 2.75) is 27.7 Å². The minimum atomic E-state index is 1.01. The largest absolute Gasteiger partial charge is 0.368 e. The molecule has 1 heteroatoms. The van der Waals surface area contributed by atoms with Crippen molar-refractivity contribution in [3.63, 3.8) is 0 Å². The Morgan fingerprint density at radius 3 is 2.73 bits per heavy atom. The van der Waals surface area contributed by atoms with Gasteiger partial charge in [0.05, 0.1) is 0 Å². The SMILES string of the molecule is C/C=C/CN1CC=C(C=C(C)C)C=C1C. The van der Waals surface area contributed by atoms with Crippen LogP contribution >= 0.6 is 0 Å². The lowest BCUT2D eigenvalue weighted by Crippen LogP contribution is -2.24. The average Bonchev–Trinajstić information content (AvgIpc) is 2.15. The smallest absolute Gasteiger partial charge is 0.0368 e. The lowest BCUT2D eigenvalue weighted by Gasteiger charge is -2.26. The highest BCUT2D eigenvalue weighted by atomic mass is 15.1. The van der Waals surface area contributed by atoms with Gasteiger partial charge in [0.25, 0.3) is 0 Å². The molecule has 0 aromatic carbocycles. The monoisotopic (exact) mass is 203 g/mol. The summed E-state index contributed by atoms with van der Waals surface area (Å²) < 4.78 is 0.